The smallest absolute Gasteiger partial charge is 0.222 e. The van der Waals surface area contributed by atoms with Gasteiger partial charge in [-0.3, -0.25) is 9.48 Å². The molecule has 1 aromatic heterocycles. The van der Waals surface area contributed by atoms with Gasteiger partial charge in [0.1, 0.15) is 0 Å². The van der Waals surface area contributed by atoms with E-state index >= 15 is 0 Å². The van der Waals surface area contributed by atoms with E-state index in [9.17, 15) is 4.79 Å². The second-order valence-corrected chi connectivity index (χ2v) is 6.71. The molecule has 0 fully saturated rings. The van der Waals surface area contributed by atoms with Gasteiger partial charge in [-0.1, -0.05) is 29.8 Å². The molecule has 0 saturated heterocycles. The van der Waals surface area contributed by atoms with E-state index in [1.54, 1.807) is 4.90 Å². The Morgan fingerprint density at radius 2 is 1.88 bits per heavy atom. The Labute approximate surface area is 151 Å². The van der Waals surface area contributed by atoms with Crippen molar-refractivity contribution in [2.75, 3.05) is 27.2 Å². The van der Waals surface area contributed by atoms with Crippen molar-refractivity contribution >= 4 is 5.91 Å². The molecule has 2 rings (SSSR count). The quantitative estimate of drug-likeness (QED) is 0.802. The van der Waals surface area contributed by atoms with E-state index in [1.165, 1.54) is 16.7 Å². The van der Waals surface area contributed by atoms with Crippen LogP contribution >= 0.6 is 0 Å². The van der Waals surface area contributed by atoms with Gasteiger partial charge in [-0.25, -0.2) is 0 Å². The van der Waals surface area contributed by atoms with Crippen LogP contribution in [-0.4, -0.2) is 47.8 Å². The lowest BCUT2D eigenvalue weighted by atomic mass is 10.1. The van der Waals surface area contributed by atoms with Crippen LogP contribution in [0.3, 0.4) is 0 Å². The Morgan fingerprint density at radius 1 is 1.20 bits per heavy atom. The van der Waals surface area contributed by atoms with Crippen LogP contribution in [0.15, 0.2) is 24.3 Å². The molecule has 2 aromatic rings. The molecule has 0 atom stereocenters. The number of likely N-dealkylation sites (N-methyl/N-ethyl adjacent to an activating group) is 2. The average Bonchev–Trinajstić information content (AvgIpc) is 2.86. The van der Waals surface area contributed by atoms with Crippen molar-refractivity contribution in [1.82, 2.24) is 20.0 Å². The van der Waals surface area contributed by atoms with Crippen molar-refractivity contribution in [2.24, 2.45) is 0 Å². The highest BCUT2D eigenvalue weighted by Gasteiger charge is 2.15. The number of hydrogen-bond acceptors (Lipinski definition) is 3. The number of carbonyl (C=O) groups is 1. The largest absolute Gasteiger partial charge is 0.344 e. The zero-order valence-corrected chi connectivity index (χ0v) is 16.1. The molecule has 5 nitrogen and oxygen atoms in total. The molecule has 1 aromatic carbocycles. The molecule has 0 bridgehead atoms. The van der Waals surface area contributed by atoms with Crippen molar-refractivity contribution in [3.63, 3.8) is 0 Å². The van der Waals surface area contributed by atoms with Crippen LogP contribution in [0.5, 0.6) is 0 Å². The van der Waals surface area contributed by atoms with Crippen LogP contribution in [-0.2, 0) is 17.8 Å². The van der Waals surface area contributed by atoms with Crippen molar-refractivity contribution < 1.29 is 4.79 Å². The molecule has 0 unspecified atom stereocenters. The van der Waals surface area contributed by atoms with E-state index in [1.807, 2.05) is 25.7 Å². The Bertz CT molecular complexity index is 703. The Morgan fingerprint density at radius 3 is 2.52 bits per heavy atom. The molecule has 0 spiro atoms. The second kappa shape index (κ2) is 8.81. The number of hydrogen-bond donors (Lipinski definition) is 1. The van der Waals surface area contributed by atoms with Gasteiger partial charge in [-0.15, -0.1) is 0 Å². The second-order valence-electron chi connectivity index (χ2n) is 6.71. The van der Waals surface area contributed by atoms with E-state index in [2.05, 4.69) is 48.5 Å². The monoisotopic (exact) mass is 342 g/mol. The van der Waals surface area contributed by atoms with Crippen LogP contribution in [0, 0.1) is 20.8 Å². The van der Waals surface area contributed by atoms with Crippen LogP contribution < -0.4 is 5.32 Å². The minimum atomic E-state index is 0.181. The predicted octanol–water partition coefficient (Wildman–Crippen LogP) is 2.47. The SMILES string of the molecule is CNCCN(C)C(=O)CCc1c(C)nn(Cc2ccc(C)cc2)c1C. The van der Waals surface area contributed by atoms with Gasteiger partial charge < -0.3 is 10.2 Å². The van der Waals surface area contributed by atoms with Gasteiger partial charge in [-0.05, 0) is 45.4 Å². The fourth-order valence-corrected chi connectivity index (χ4v) is 2.94. The molecule has 5 heteroatoms. The van der Waals surface area contributed by atoms with Crippen LogP contribution in [0.2, 0.25) is 0 Å². The number of amides is 1. The molecule has 1 amide bonds. The summed E-state index contributed by atoms with van der Waals surface area (Å²) in [6.45, 7) is 8.54. The summed E-state index contributed by atoms with van der Waals surface area (Å²) in [6.07, 6.45) is 1.27. The summed E-state index contributed by atoms with van der Waals surface area (Å²) in [7, 11) is 3.76. The topological polar surface area (TPSA) is 50.2 Å². The Balaban J connectivity index is 2.01. The summed E-state index contributed by atoms with van der Waals surface area (Å²) in [4.78, 5) is 14.0. The molecular weight excluding hydrogens is 312 g/mol. The third kappa shape index (κ3) is 5.16. The van der Waals surface area contributed by atoms with Crippen LogP contribution in [0.25, 0.3) is 0 Å². The third-order valence-corrected chi connectivity index (χ3v) is 4.70. The highest BCUT2D eigenvalue weighted by molar-refractivity contribution is 5.76. The molecular formula is C20H30N4O. The normalized spacial score (nSPS) is 10.9. The predicted molar refractivity (Wildman–Crippen MR) is 102 cm³/mol. The fraction of sp³-hybridized carbons (Fsp3) is 0.500. The molecule has 0 radical (unpaired) electrons. The number of carbonyl (C=O) groups excluding carboxylic acids is 1. The van der Waals surface area contributed by atoms with E-state index in [0.29, 0.717) is 6.42 Å². The minimum absolute atomic E-state index is 0.181. The summed E-state index contributed by atoms with van der Waals surface area (Å²) in [5, 5.41) is 7.75. The lowest BCUT2D eigenvalue weighted by molar-refractivity contribution is -0.129. The number of nitrogens with one attached hydrogen (secondary N) is 1. The molecule has 1 N–H and O–H groups in total. The maximum Gasteiger partial charge on any atom is 0.222 e. The molecule has 0 saturated carbocycles. The summed E-state index contributed by atoms with van der Waals surface area (Å²) >= 11 is 0. The number of aromatic nitrogens is 2. The molecule has 25 heavy (non-hydrogen) atoms. The van der Waals surface area contributed by atoms with E-state index in [0.717, 1.165) is 37.4 Å². The first-order chi connectivity index (χ1) is 11.9. The average molecular weight is 342 g/mol. The standard InChI is InChI=1S/C20H30N4O/c1-15-6-8-18(9-7-15)14-24-17(3)19(16(2)22-24)10-11-20(25)23(5)13-12-21-4/h6-9,21H,10-14H2,1-5H3. The van der Waals surface area contributed by atoms with Gasteiger partial charge in [0.2, 0.25) is 5.91 Å². The Kier molecular flexibility index (Phi) is 6.76. The van der Waals surface area contributed by atoms with Gasteiger partial charge in [0.05, 0.1) is 12.2 Å². The van der Waals surface area contributed by atoms with Crippen molar-refractivity contribution in [1.29, 1.82) is 0 Å². The highest BCUT2D eigenvalue weighted by atomic mass is 16.2. The maximum atomic E-state index is 12.2. The number of rotatable bonds is 8. The van der Waals surface area contributed by atoms with Crippen molar-refractivity contribution in [2.45, 2.75) is 40.2 Å². The van der Waals surface area contributed by atoms with Gasteiger partial charge >= 0.3 is 0 Å². The zero-order valence-electron chi connectivity index (χ0n) is 16.1. The Hall–Kier alpha value is -2.14. The van der Waals surface area contributed by atoms with Crippen LogP contribution in [0.1, 0.15) is 34.5 Å². The lowest BCUT2D eigenvalue weighted by Crippen LogP contribution is -2.32. The summed E-state index contributed by atoms with van der Waals surface area (Å²) in [6, 6.07) is 8.54. The molecule has 0 aliphatic rings. The van der Waals surface area contributed by atoms with Crippen LogP contribution in [0.4, 0.5) is 0 Å². The zero-order chi connectivity index (χ0) is 18.4. The minimum Gasteiger partial charge on any atom is -0.344 e. The molecule has 0 aliphatic heterocycles. The maximum absolute atomic E-state index is 12.2. The van der Waals surface area contributed by atoms with Gasteiger partial charge in [0.15, 0.2) is 0 Å². The molecule has 136 valence electrons. The summed E-state index contributed by atoms with van der Waals surface area (Å²) < 4.78 is 2.05. The van der Waals surface area contributed by atoms with Gasteiger partial charge in [0.25, 0.3) is 0 Å². The van der Waals surface area contributed by atoms with Crippen molar-refractivity contribution in [3.05, 3.63) is 52.3 Å². The van der Waals surface area contributed by atoms with Gasteiger partial charge in [0, 0.05) is 32.3 Å². The third-order valence-electron chi connectivity index (χ3n) is 4.70. The first-order valence-corrected chi connectivity index (χ1v) is 8.89. The van der Waals surface area contributed by atoms with Crippen molar-refractivity contribution in [3.8, 4) is 0 Å². The highest BCUT2D eigenvalue weighted by Crippen LogP contribution is 2.17. The van der Waals surface area contributed by atoms with E-state index in [4.69, 9.17) is 0 Å². The summed E-state index contributed by atoms with van der Waals surface area (Å²) in [5.41, 5.74) is 5.88. The summed E-state index contributed by atoms with van der Waals surface area (Å²) in [5.74, 6) is 0.181. The van der Waals surface area contributed by atoms with E-state index < -0.39 is 0 Å². The number of benzene rings is 1. The number of aryl methyl sites for hydroxylation is 2. The molecule has 1 heterocycles. The lowest BCUT2D eigenvalue weighted by Gasteiger charge is -2.16. The van der Waals surface area contributed by atoms with Gasteiger partial charge in [-0.2, -0.15) is 5.10 Å². The number of nitrogens with zero attached hydrogens (tertiary/aromatic N) is 3. The first-order valence-electron chi connectivity index (χ1n) is 8.89. The molecule has 0 aliphatic carbocycles. The van der Waals surface area contributed by atoms with E-state index in [-0.39, 0.29) is 5.91 Å². The first kappa shape index (κ1) is 19.2. The fourth-order valence-electron chi connectivity index (χ4n) is 2.94.